The van der Waals surface area contributed by atoms with Crippen LogP contribution in [0.5, 0.6) is 0 Å². The highest BCUT2D eigenvalue weighted by atomic mass is 19.1. The summed E-state index contributed by atoms with van der Waals surface area (Å²) < 4.78 is 18.6. The molecule has 3 amide bonds. The Labute approximate surface area is 197 Å². The second-order valence-corrected chi connectivity index (χ2v) is 8.26. The van der Waals surface area contributed by atoms with Crippen LogP contribution in [0.15, 0.2) is 77.4 Å². The highest BCUT2D eigenvalue weighted by molar-refractivity contribution is 5.95. The van der Waals surface area contributed by atoms with E-state index in [9.17, 15) is 18.8 Å². The van der Waals surface area contributed by atoms with Gasteiger partial charge in [0.15, 0.2) is 0 Å². The fourth-order valence-corrected chi connectivity index (χ4v) is 4.06. The summed E-state index contributed by atoms with van der Waals surface area (Å²) in [5.41, 5.74) is 1.08. The smallest absolute Gasteiger partial charge is 0.253 e. The van der Waals surface area contributed by atoms with Gasteiger partial charge in [-0.1, -0.05) is 18.2 Å². The van der Waals surface area contributed by atoms with Crippen LogP contribution in [0.1, 0.15) is 29.0 Å². The first-order valence-electron chi connectivity index (χ1n) is 11.2. The SMILES string of the molecule is O=C(CN(Cc1ccco1)C(=O)C1CCN(C(=O)c2ccc(F)cc2)CC1)Nc1ccccc1. The maximum absolute atomic E-state index is 13.4. The van der Waals surface area contributed by atoms with E-state index in [4.69, 9.17) is 4.42 Å². The second kappa shape index (κ2) is 10.8. The summed E-state index contributed by atoms with van der Waals surface area (Å²) in [6, 6.07) is 18.0. The number of para-hydroxylation sites is 1. The molecule has 8 heteroatoms. The van der Waals surface area contributed by atoms with E-state index in [0.717, 1.165) is 0 Å². The molecule has 1 saturated heterocycles. The van der Waals surface area contributed by atoms with Gasteiger partial charge in [0.1, 0.15) is 18.1 Å². The van der Waals surface area contributed by atoms with Crippen LogP contribution in [-0.4, -0.2) is 47.2 Å². The molecule has 176 valence electrons. The van der Waals surface area contributed by atoms with E-state index in [1.165, 1.54) is 35.4 Å². The van der Waals surface area contributed by atoms with Crippen LogP contribution in [0.25, 0.3) is 0 Å². The first-order valence-corrected chi connectivity index (χ1v) is 11.2. The van der Waals surface area contributed by atoms with E-state index in [0.29, 0.717) is 42.9 Å². The summed E-state index contributed by atoms with van der Waals surface area (Å²) in [7, 11) is 0. The molecule has 3 aromatic rings. The van der Waals surface area contributed by atoms with Crippen molar-refractivity contribution in [2.75, 3.05) is 25.0 Å². The number of benzene rings is 2. The molecule has 0 unspecified atom stereocenters. The third kappa shape index (κ3) is 5.89. The van der Waals surface area contributed by atoms with Crippen molar-refractivity contribution in [2.45, 2.75) is 19.4 Å². The average Bonchev–Trinajstić information content (AvgIpc) is 3.37. The number of likely N-dealkylation sites (tertiary alicyclic amines) is 1. The number of carbonyl (C=O) groups is 3. The van der Waals surface area contributed by atoms with Crippen molar-refractivity contribution < 1.29 is 23.2 Å². The molecule has 0 atom stereocenters. The molecule has 1 aromatic heterocycles. The fourth-order valence-electron chi connectivity index (χ4n) is 4.06. The number of piperidine rings is 1. The van der Waals surface area contributed by atoms with Crippen molar-refractivity contribution in [3.05, 3.63) is 90.1 Å². The van der Waals surface area contributed by atoms with E-state index in [1.54, 1.807) is 29.2 Å². The normalized spacial score (nSPS) is 14.0. The number of anilines is 1. The molecule has 1 N–H and O–H groups in total. The molecule has 7 nitrogen and oxygen atoms in total. The molecule has 1 aliphatic heterocycles. The molecular formula is C26H26FN3O4. The number of hydrogen-bond donors (Lipinski definition) is 1. The number of rotatable bonds is 7. The molecule has 34 heavy (non-hydrogen) atoms. The van der Waals surface area contributed by atoms with E-state index in [-0.39, 0.29) is 36.7 Å². The summed E-state index contributed by atoms with van der Waals surface area (Å²) in [5.74, 6) is -0.737. The maximum Gasteiger partial charge on any atom is 0.253 e. The van der Waals surface area contributed by atoms with Crippen LogP contribution < -0.4 is 5.32 Å². The maximum atomic E-state index is 13.4. The van der Waals surface area contributed by atoms with Gasteiger partial charge >= 0.3 is 0 Å². The van der Waals surface area contributed by atoms with Crippen LogP contribution in [0.4, 0.5) is 10.1 Å². The Hall–Kier alpha value is -3.94. The molecule has 1 fully saturated rings. The molecular weight excluding hydrogens is 437 g/mol. The lowest BCUT2D eigenvalue weighted by molar-refractivity contribution is -0.140. The van der Waals surface area contributed by atoms with Gasteiger partial charge < -0.3 is 19.5 Å². The lowest BCUT2D eigenvalue weighted by atomic mass is 9.94. The van der Waals surface area contributed by atoms with Gasteiger partial charge in [-0.3, -0.25) is 14.4 Å². The molecule has 0 saturated carbocycles. The number of amides is 3. The topological polar surface area (TPSA) is 82.9 Å². The number of carbonyl (C=O) groups excluding carboxylic acids is 3. The third-order valence-electron chi connectivity index (χ3n) is 5.85. The van der Waals surface area contributed by atoms with Crippen LogP contribution in [0.2, 0.25) is 0 Å². The quantitative estimate of drug-likeness (QED) is 0.575. The minimum atomic E-state index is -0.395. The van der Waals surface area contributed by atoms with Crippen molar-refractivity contribution in [3.8, 4) is 0 Å². The Bertz CT molecular complexity index is 1110. The van der Waals surface area contributed by atoms with Gasteiger partial charge in [0.2, 0.25) is 11.8 Å². The lowest BCUT2D eigenvalue weighted by Crippen LogP contribution is -2.46. The number of nitrogens with zero attached hydrogens (tertiary/aromatic N) is 2. The zero-order valence-electron chi connectivity index (χ0n) is 18.7. The molecule has 1 aliphatic rings. The van der Waals surface area contributed by atoms with Gasteiger partial charge in [0, 0.05) is 30.3 Å². The highest BCUT2D eigenvalue weighted by Crippen LogP contribution is 2.23. The molecule has 0 aliphatic carbocycles. The first kappa shape index (κ1) is 23.2. The summed E-state index contributed by atoms with van der Waals surface area (Å²) >= 11 is 0. The van der Waals surface area contributed by atoms with E-state index >= 15 is 0 Å². The molecule has 0 spiro atoms. The Kier molecular flexibility index (Phi) is 7.37. The molecule has 4 rings (SSSR count). The van der Waals surface area contributed by atoms with Crippen LogP contribution >= 0.6 is 0 Å². The molecule has 2 aromatic carbocycles. The Balaban J connectivity index is 1.38. The Morgan fingerprint density at radius 3 is 2.32 bits per heavy atom. The van der Waals surface area contributed by atoms with Gasteiger partial charge in [-0.15, -0.1) is 0 Å². The van der Waals surface area contributed by atoms with Gasteiger partial charge in [0.25, 0.3) is 5.91 Å². The van der Waals surface area contributed by atoms with Gasteiger partial charge in [0.05, 0.1) is 12.8 Å². The number of nitrogens with one attached hydrogen (secondary N) is 1. The molecule has 0 radical (unpaired) electrons. The first-order chi connectivity index (χ1) is 16.5. The van der Waals surface area contributed by atoms with Crippen LogP contribution in [0, 0.1) is 11.7 Å². The minimum absolute atomic E-state index is 0.108. The number of halogens is 1. The number of furan rings is 1. The summed E-state index contributed by atoms with van der Waals surface area (Å²) in [5, 5.41) is 2.81. The predicted molar refractivity (Wildman–Crippen MR) is 124 cm³/mol. The minimum Gasteiger partial charge on any atom is -0.467 e. The Morgan fingerprint density at radius 1 is 0.971 bits per heavy atom. The van der Waals surface area contributed by atoms with Crippen molar-refractivity contribution in [1.82, 2.24) is 9.80 Å². The van der Waals surface area contributed by atoms with Gasteiger partial charge in [-0.2, -0.15) is 0 Å². The van der Waals surface area contributed by atoms with Crippen molar-refractivity contribution in [2.24, 2.45) is 5.92 Å². The summed E-state index contributed by atoms with van der Waals surface area (Å²) in [6.07, 6.45) is 2.50. The second-order valence-electron chi connectivity index (χ2n) is 8.26. The van der Waals surface area contributed by atoms with E-state index < -0.39 is 5.82 Å². The predicted octanol–water partition coefficient (Wildman–Crippen LogP) is 3.94. The van der Waals surface area contributed by atoms with Crippen LogP contribution in [0.3, 0.4) is 0 Å². The van der Waals surface area contributed by atoms with Crippen molar-refractivity contribution >= 4 is 23.4 Å². The zero-order valence-corrected chi connectivity index (χ0v) is 18.7. The average molecular weight is 464 g/mol. The van der Waals surface area contributed by atoms with E-state index in [1.807, 2.05) is 18.2 Å². The summed E-state index contributed by atoms with van der Waals surface area (Å²) in [6.45, 7) is 0.904. The Morgan fingerprint density at radius 2 is 1.68 bits per heavy atom. The number of hydrogen-bond acceptors (Lipinski definition) is 4. The standard InChI is InChI=1S/C26H26FN3O4/c27-21-10-8-19(9-11-21)25(32)29-14-12-20(13-15-29)26(33)30(17-23-7-4-16-34-23)18-24(31)28-22-5-2-1-3-6-22/h1-11,16,20H,12-15,17-18H2,(H,28,31). The monoisotopic (exact) mass is 463 g/mol. The van der Waals surface area contributed by atoms with Crippen molar-refractivity contribution in [3.63, 3.8) is 0 Å². The van der Waals surface area contributed by atoms with Gasteiger partial charge in [-0.05, 0) is 61.4 Å². The lowest BCUT2D eigenvalue weighted by Gasteiger charge is -2.34. The molecule has 2 heterocycles. The zero-order chi connectivity index (χ0) is 23.9. The highest BCUT2D eigenvalue weighted by Gasteiger charge is 2.31. The van der Waals surface area contributed by atoms with Gasteiger partial charge in [-0.25, -0.2) is 4.39 Å². The van der Waals surface area contributed by atoms with Crippen LogP contribution in [-0.2, 0) is 16.1 Å². The van der Waals surface area contributed by atoms with Crippen molar-refractivity contribution in [1.29, 1.82) is 0 Å². The largest absolute Gasteiger partial charge is 0.467 e. The summed E-state index contributed by atoms with van der Waals surface area (Å²) in [4.78, 5) is 41.9. The fraction of sp³-hybridized carbons (Fsp3) is 0.269. The third-order valence-corrected chi connectivity index (χ3v) is 5.85. The van der Waals surface area contributed by atoms with E-state index in [2.05, 4.69) is 5.32 Å². The molecule has 0 bridgehead atoms.